The van der Waals surface area contributed by atoms with Gasteiger partial charge in [-0.3, -0.25) is 0 Å². The highest BCUT2D eigenvalue weighted by atomic mass is 16.1. The summed E-state index contributed by atoms with van der Waals surface area (Å²) in [6, 6.07) is -0.139. The van der Waals surface area contributed by atoms with E-state index in [2.05, 4.69) is 5.32 Å². The first-order chi connectivity index (χ1) is 5.35. The number of carbonyl (C=O) groups excluding carboxylic acids is 2. The summed E-state index contributed by atoms with van der Waals surface area (Å²) >= 11 is 0. The third kappa shape index (κ3) is 5.73. The van der Waals surface area contributed by atoms with Gasteiger partial charge in [-0.1, -0.05) is 6.92 Å². The molecule has 0 bridgehead atoms. The Hall–Kier alpha value is -0.700. The zero-order valence-corrected chi connectivity index (χ0v) is 6.88. The van der Waals surface area contributed by atoms with Crippen LogP contribution in [0, 0.1) is 0 Å². The van der Waals surface area contributed by atoms with Crippen molar-refractivity contribution in [1.29, 1.82) is 0 Å². The molecule has 0 aromatic heterocycles. The molecule has 0 saturated carbocycles. The summed E-state index contributed by atoms with van der Waals surface area (Å²) in [5.41, 5.74) is 0. The van der Waals surface area contributed by atoms with E-state index in [0.29, 0.717) is 12.8 Å². The lowest BCUT2D eigenvalue weighted by molar-refractivity contribution is -0.110. The molecule has 0 aliphatic heterocycles. The molecule has 0 heterocycles. The molecule has 1 N–H and O–H groups in total. The van der Waals surface area contributed by atoms with Gasteiger partial charge in [0.05, 0.1) is 6.04 Å². The van der Waals surface area contributed by atoms with Gasteiger partial charge in [-0.2, -0.15) is 0 Å². The fourth-order valence-electron chi connectivity index (χ4n) is 0.796. The molecule has 3 heteroatoms. The Kier molecular flexibility index (Phi) is 6.94. The van der Waals surface area contributed by atoms with Crippen molar-refractivity contribution in [2.75, 3.05) is 6.54 Å². The van der Waals surface area contributed by atoms with E-state index < -0.39 is 0 Å². The molecule has 0 fully saturated rings. The first-order valence-corrected chi connectivity index (χ1v) is 3.97. The molecule has 0 spiro atoms. The van der Waals surface area contributed by atoms with Crippen LogP contribution in [0.4, 0.5) is 0 Å². The molecule has 0 amide bonds. The number of rotatable bonds is 7. The number of nitrogens with one attached hydrogen (secondary N) is 1. The number of aldehydes is 2. The summed E-state index contributed by atoms with van der Waals surface area (Å²) in [5.74, 6) is 0. The van der Waals surface area contributed by atoms with E-state index in [1.54, 1.807) is 0 Å². The van der Waals surface area contributed by atoms with Gasteiger partial charge in [0.2, 0.25) is 0 Å². The molecule has 1 unspecified atom stereocenters. The zero-order chi connectivity index (χ0) is 8.53. The van der Waals surface area contributed by atoms with Crippen LogP contribution in [0.25, 0.3) is 0 Å². The van der Waals surface area contributed by atoms with Crippen LogP contribution in [-0.2, 0) is 9.59 Å². The second kappa shape index (κ2) is 7.41. The molecule has 0 aliphatic carbocycles. The van der Waals surface area contributed by atoms with Crippen LogP contribution in [0.2, 0.25) is 0 Å². The highest BCUT2D eigenvalue weighted by molar-refractivity contribution is 5.59. The summed E-state index contributed by atoms with van der Waals surface area (Å²) in [4.78, 5) is 20.3. The Bertz CT molecular complexity index is 115. The van der Waals surface area contributed by atoms with Crippen molar-refractivity contribution >= 4 is 12.6 Å². The number of carbonyl (C=O) groups is 2. The highest BCUT2D eigenvalue weighted by Gasteiger charge is 2.03. The van der Waals surface area contributed by atoms with Crippen LogP contribution < -0.4 is 5.32 Å². The Labute approximate surface area is 67.2 Å². The largest absolute Gasteiger partial charge is 0.308 e. The lowest BCUT2D eigenvalue weighted by Gasteiger charge is -2.08. The number of hydrogen-bond donors (Lipinski definition) is 1. The first-order valence-electron chi connectivity index (χ1n) is 3.97. The minimum Gasteiger partial charge on any atom is -0.308 e. The average Bonchev–Trinajstić information content (AvgIpc) is 2.05. The van der Waals surface area contributed by atoms with Gasteiger partial charge < -0.3 is 14.9 Å². The normalized spacial score (nSPS) is 12.5. The summed E-state index contributed by atoms with van der Waals surface area (Å²) < 4.78 is 0. The van der Waals surface area contributed by atoms with Gasteiger partial charge in [0.1, 0.15) is 12.6 Å². The van der Waals surface area contributed by atoms with Crippen molar-refractivity contribution in [2.24, 2.45) is 0 Å². The van der Waals surface area contributed by atoms with Crippen molar-refractivity contribution in [3.05, 3.63) is 0 Å². The Morgan fingerprint density at radius 2 is 2.18 bits per heavy atom. The van der Waals surface area contributed by atoms with Gasteiger partial charge in [0.25, 0.3) is 0 Å². The highest BCUT2D eigenvalue weighted by Crippen LogP contribution is 1.91. The lowest BCUT2D eigenvalue weighted by atomic mass is 10.2. The van der Waals surface area contributed by atoms with Gasteiger partial charge in [0, 0.05) is 6.42 Å². The molecule has 0 aliphatic rings. The van der Waals surface area contributed by atoms with E-state index in [-0.39, 0.29) is 6.04 Å². The molecule has 0 radical (unpaired) electrons. The van der Waals surface area contributed by atoms with E-state index in [0.717, 1.165) is 25.5 Å². The van der Waals surface area contributed by atoms with Crippen molar-refractivity contribution in [1.82, 2.24) is 5.32 Å². The quantitative estimate of drug-likeness (QED) is 0.548. The molecule has 0 rings (SSSR count). The van der Waals surface area contributed by atoms with Gasteiger partial charge >= 0.3 is 0 Å². The van der Waals surface area contributed by atoms with Crippen molar-refractivity contribution in [2.45, 2.75) is 32.2 Å². The van der Waals surface area contributed by atoms with E-state index in [1.807, 2.05) is 6.92 Å². The molecular weight excluding hydrogens is 142 g/mol. The molecule has 0 aromatic rings. The van der Waals surface area contributed by atoms with E-state index >= 15 is 0 Å². The third-order valence-electron chi connectivity index (χ3n) is 1.42. The lowest BCUT2D eigenvalue weighted by Crippen LogP contribution is -2.31. The van der Waals surface area contributed by atoms with Crippen LogP contribution in [-0.4, -0.2) is 25.2 Å². The van der Waals surface area contributed by atoms with Crippen LogP contribution in [0.1, 0.15) is 26.2 Å². The smallest absolute Gasteiger partial charge is 0.136 e. The van der Waals surface area contributed by atoms with Gasteiger partial charge in [-0.05, 0) is 19.4 Å². The molecular formula is C8H15NO2. The first kappa shape index (κ1) is 10.3. The molecule has 64 valence electrons. The minimum absolute atomic E-state index is 0.139. The molecule has 11 heavy (non-hydrogen) atoms. The maximum atomic E-state index is 10.3. The van der Waals surface area contributed by atoms with E-state index in [1.165, 1.54) is 0 Å². The van der Waals surface area contributed by atoms with Crippen LogP contribution >= 0.6 is 0 Å². The molecule has 0 aromatic carbocycles. The maximum absolute atomic E-state index is 10.3. The summed E-state index contributed by atoms with van der Waals surface area (Å²) in [5, 5.41) is 3.03. The van der Waals surface area contributed by atoms with Gasteiger partial charge in [0.15, 0.2) is 0 Å². The predicted molar refractivity (Wildman–Crippen MR) is 43.4 cm³/mol. The Balaban J connectivity index is 3.40. The SMILES string of the molecule is CCCNC(C=O)CCC=O. The molecule has 3 nitrogen and oxygen atoms in total. The molecule has 0 saturated heterocycles. The molecule has 1 atom stereocenters. The topological polar surface area (TPSA) is 46.2 Å². The van der Waals surface area contributed by atoms with E-state index in [9.17, 15) is 9.59 Å². The second-order valence-corrected chi connectivity index (χ2v) is 2.44. The van der Waals surface area contributed by atoms with Crippen molar-refractivity contribution < 1.29 is 9.59 Å². The summed E-state index contributed by atoms with van der Waals surface area (Å²) in [7, 11) is 0. The standard InChI is InChI=1S/C8H15NO2/c1-2-5-9-8(7-11)4-3-6-10/h6-9H,2-5H2,1H3. The summed E-state index contributed by atoms with van der Waals surface area (Å²) in [6.45, 7) is 2.87. The van der Waals surface area contributed by atoms with Gasteiger partial charge in [-0.15, -0.1) is 0 Å². The Morgan fingerprint density at radius 1 is 1.45 bits per heavy atom. The average molecular weight is 157 g/mol. The van der Waals surface area contributed by atoms with Crippen molar-refractivity contribution in [3.8, 4) is 0 Å². The van der Waals surface area contributed by atoms with Crippen LogP contribution in [0.3, 0.4) is 0 Å². The van der Waals surface area contributed by atoms with Crippen LogP contribution in [0.15, 0.2) is 0 Å². The predicted octanol–water partition coefficient (Wildman–Crippen LogP) is 0.533. The van der Waals surface area contributed by atoms with Crippen molar-refractivity contribution in [3.63, 3.8) is 0 Å². The third-order valence-corrected chi connectivity index (χ3v) is 1.42. The van der Waals surface area contributed by atoms with Crippen LogP contribution in [0.5, 0.6) is 0 Å². The fourth-order valence-corrected chi connectivity index (χ4v) is 0.796. The van der Waals surface area contributed by atoms with E-state index in [4.69, 9.17) is 0 Å². The Morgan fingerprint density at radius 3 is 2.64 bits per heavy atom. The number of hydrogen-bond acceptors (Lipinski definition) is 3. The van der Waals surface area contributed by atoms with Gasteiger partial charge in [-0.25, -0.2) is 0 Å². The minimum atomic E-state index is -0.139. The zero-order valence-electron chi connectivity index (χ0n) is 6.88. The second-order valence-electron chi connectivity index (χ2n) is 2.44. The monoisotopic (exact) mass is 157 g/mol. The fraction of sp³-hybridized carbons (Fsp3) is 0.750. The maximum Gasteiger partial charge on any atom is 0.136 e. The summed E-state index contributed by atoms with van der Waals surface area (Å²) in [6.07, 6.45) is 3.78.